The van der Waals surface area contributed by atoms with Crippen LogP contribution in [0.2, 0.25) is 5.02 Å². The minimum absolute atomic E-state index is 0.107. The number of nitrogens with zero attached hydrogens (tertiary/aromatic N) is 2. The molecule has 148 valence electrons. The Labute approximate surface area is 173 Å². The molecule has 0 atom stereocenters. The van der Waals surface area contributed by atoms with Gasteiger partial charge in [-0.05, 0) is 44.0 Å². The summed E-state index contributed by atoms with van der Waals surface area (Å²) in [6.45, 7) is 2.38. The van der Waals surface area contributed by atoms with Gasteiger partial charge in [0.15, 0.2) is 0 Å². The maximum absolute atomic E-state index is 13.0. The number of halogens is 1. The van der Waals surface area contributed by atoms with Crippen molar-refractivity contribution < 1.29 is 14.1 Å². The van der Waals surface area contributed by atoms with Crippen molar-refractivity contribution in [3.63, 3.8) is 0 Å². The standard InChI is InChI=1S/C22H20ClN3O3/c1-14-20(21(25-29-14)17-9-2-3-10-18(17)23)22(28)24-15-7-6-8-16(13-15)26-12-5-4-11-19(26)27/h2-3,6-10,13H,4-5,11-12H2,1H3,(H,24,28). The number of hydrogen-bond donors (Lipinski definition) is 1. The van der Waals surface area contributed by atoms with E-state index < -0.39 is 0 Å². The molecule has 0 spiro atoms. The van der Waals surface area contributed by atoms with Crippen LogP contribution < -0.4 is 10.2 Å². The van der Waals surface area contributed by atoms with E-state index in [1.165, 1.54) is 0 Å². The number of amides is 2. The Bertz CT molecular complexity index is 1080. The summed E-state index contributed by atoms with van der Waals surface area (Å²) < 4.78 is 5.27. The zero-order chi connectivity index (χ0) is 20.4. The first-order valence-corrected chi connectivity index (χ1v) is 9.85. The van der Waals surface area contributed by atoms with E-state index in [2.05, 4.69) is 10.5 Å². The Kier molecular flexibility index (Phi) is 5.36. The Balaban J connectivity index is 1.61. The highest BCUT2D eigenvalue weighted by molar-refractivity contribution is 6.33. The number of rotatable bonds is 4. The second-order valence-electron chi connectivity index (χ2n) is 6.95. The van der Waals surface area contributed by atoms with E-state index >= 15 is 0 Å². The van der Waals surface area contributed by atoms with E-state index in [1.54, 1.807) is 36.1 Å². The van der Waals surface area contributed by atoms with Crippen molar-refractivity contribution in [2.24, 2.45) is 0 Å². The molecule has 4 rings (SSSR count). The van der Waals surface area contributed by atoms with Crippen LogP contribution in [0.15, 0.2) is 53.1 Å². The maximum Gasteiger partial charge on any atom is 0.261 e. The molecule has 7 heteroatoms. The van der Waals surface area contributed by atoms with Crippen LogP contribution in [0, 0.1) is 6.92 Å². The van der Waals surface area contributed by atoms with Crippen LogP contribution in [0.4, 0.5) is 11.4 Å². The van der Waals surface area contributed by atoms with Gasteiger partial charge in [-0.25, -0.2) is 0 Å². The molecule has 1 aliphatic heterocycles. The lowest BCUT2D eigenvalue weighted by atomic mass is 10.1. The van der Waals surface area contributed by atoms with E-state index in [9.17, 15) is 9.59 Å². The van der Waals surface area contributed by atoms with Gasteiger partial charge < -0.3 is 14.7 Å². The van der Waals surface area contributed by atoms with Crippen LogP contribution in [0.3, 0.4) is 0 Å². The average molecular weight is 410 g/mol. The molecular weight excluding hydrogens is 390 g/mol. The molecule has 1 fully saturated rings. The number of carbonyl (C=O) groups is 2. The minimum atomic E-state index is -0.346. The molecule has 2 heterocycles. The van der Waals surface area contributed by atoms with Gasteiger partial charge >= 0.3 is 0 Å². The summed E-state index contributed by atoms with van der Waals surface area (Å²) in [4.78, 5) is 27.0. The van der Waals surface area contributed by atoms with Crippen molar-refractivity contribution in [3.05, 3.63) is 64.9 Å². The van der Waals surface area contributed by atoms with Gasteiger partial charge in [0.25, 0.3) is 5.91 Å². The number of hydrogen-bond acceptors (Lipinski definition) is 4. The predicted octanol–water partition coefficient (Wildman–Crippen LogP) is 5.07. The third kappa shape index (κ3) is 3.89. The third-order valence-electron chi connectivity index (χ3n) is 4.96. The van der Waals surface area contributed by atoms with Crippen molar-refractivity contribution >= 4 is 34.8 Å². The molecule has 1 aromatic heterocycles. The van der Waals surface area contributed by atoms with Gasteiger partial charge in [-0.15, -0.1) is 0 Å². The average Bonchev–Trinajstić information content (AvgIpc) is 3.10. The number of aromatic nitrogens is 1. The first kappa shape index (κ1) is 19.2. The number of piperidine rings is 1. The highest BCUT2D eigenvalue weighted by atomic mass is 35.5. The molecule has 6 nitrogen and oxygen atoms in total. The number of carbonyl (C=O) groups excluding carboxylic acids is 2. The molecule has 0 bridgehead atoms. The molecule has 29 heavy (non-hydrogen) atoms. The van der Waals surface area contributed by atoms with E-state index in [-0.39, 0.29) is 11.8 Å². The summed E-state index contributed by atoms with van der Waals surface area (Å²) in [5.41, 5.74) is 2.73. The van der Waals surface area contributed by atoms with E-state index in [0.717, 1.165) is 18.5 Å². The number of anilines is 2. The molecule has 0 unspecified atom stereocenters. The third-order valence-corrected chi connectivity index (χ3v) is 5.29. The van der Waals surface area contributed by atoms with Crippen LogP contribution in [0.1, 0.15) is 35.4 Å². The molecule has 0 radical (unpaired) electrons. The van der Waals surface area contributed by atoms with Crippen LogP contribution >= 0.6 is 11.6 Å². The number of aryl methyl sites for hydroxylation is 1. The summed E-state index contributed by atoms with van der Waals surface area (Å²) in [5, 5.41) is 7.41. The van der Waals surface area contributed by atoms with Gasteiger partial charge in [0, 0.05) is 29.9 Å². The van der Waals surface area contributed by atoms with E-state index in [0.29, 0.717) is 46.3 Å². The molecule has 2 aromatic carbocycles. The first-order valence-electron chi connectivity index (χ1n) is 9.47. The summed E-state index contributed by atoms with van der Waals surface area (Å²) in [7, 11) is 0. The highest BCUT2D eigenvalue weighted by Gasteiger charge is 2.24. The van der Waals surface area contributed by atoms with Gasteiger partial charge in [-0.1, -0.05) is 41.0 Å². The molecular formula is C22H20ClN3O3. The molecule has 3 aromatic rings. The zero-order valence-electron chi connectivity index (χ0n) is 15.9. The smallest absolute Gasteiger partial charge is 0.261 e. The van der Waals surface area contributed by atoms with Crippen LogP contribution in [-0.2, 0) is 4.79 Å². The lowest BCUT2D eigenvalue weighted by molar-refractivity contribution is -0.119. The van der Waals surface area contributed by atoms with Crippen molar-refractivity contribution in [3.8, 4) is 11.3 Å². The normalized spacial score (nSPS) is 14.1. The van der Waals surface area contributed by atoms with Crippen molar-refractivity contribution in [2.45, 2.75) is 26.2 Å². The summed E-state index contributed by atoms with van der Waals surface area (Å²) >= 11 is 6.27. The molecule has 2 amide bonds. The predicted molar refractivity (Wildman–Crippen MR) is 112 cm³/mol. The fourth-order valence-electron chi connectivity index (χ4n) is 3.50. The molecule has 1 N–H and O–H groups in total. The van der Waals surface area contributed by atoms with Crippen molar-refractivity contribution in [2.75, 3.05) is 16.8 Å². The summed E-state index contributed by atoms with van der Waals surface area (Å²) in [5.74, 6) is 0.163. The SMILES string of the molecule is Cc1onc(-c2ccccc2Cl)c1C(=O)Nc1cccc(N2CCCCC2=O)c1. The fraction of sp³-hybridized carbons (Fsp3) is 0.227. The van der Waals surface area contributed by atoms with Crippen LogP contribution in [-0.4, -0.2) is 23.5 Å². The Morgan fingerprint density at radius 2 is 2.00 bits per heavy atom. The maximum atomic E-state index is 13.0. The van der Waals surface area contributed by atoms with Gasteiger partial charge in [0.05, 0.1) is 5.02 Å². The van der Waals surface area contributed by atoms with Crippen LogP contribution in [0.25, 0.3) is 11.3 Å². The van der Waals surface area contributed by atoms with E-state index in [4.69, 9.17) is 16.1 Å². The molecule has 0 saturated carbocycles. The van der Waals surface area contributed by atoms with Crippen molar-refractivity contribution in [1.82, 2.24) is 5.16 Å². The number of benzene rings is 2. The Morgan fingerprint density at radius 1 is 1.17 bits per heavy atom. The molecule has 0 aliphatic carbocycles. The van der Waals surface area contributed by atoms with E-state index in [1.807, 2.05) is 24.3 Å². The summed E-state index contributed by atoms with van der Waals surface area (Å²) in [6.07, 6.45) is 2.45. The summed E-state index contributed by atoms with van der Waals surface area (Å²) in [6, 6.07) is 14.5. The minimum Gasteiger partial charge on any atom is -0.360 e. The van der Waals surface area contributed by atoms with Gasteiger partial charge in [-0.3, -0.25) is 9.59 Å². The van der Waals surface area contributed by atoms with Gasteiger partial charge in [-0.2, -0.15) is 0 Å². The van der Waals surface area contributed by atoms with Gasteiger partial charge in [0.2, 0.25) is 5.91 Å². The monoisotopic (exact) mass is 409 g/mol. The quantitative estimate of drug-likeness (QED) is 0.652. The van der Waals surface area contributed by atoms with Crippen LogP contribution in [0.5, 0.6) is 0 Å². The second-order valence-corrected chi connectivity index (χ2v) is 7.36. The largest absolute Gasteiger partial charge is 0.360 e. The fourth-order valence-corrected chi connectivity index (χ4v) is 3.73. The van der Waals surface area contributed by atoms with Crippen molar-refractivity contribution in [1.29, 1.82) is 0 Å². The lowest BCUT2D eigenvalue weighted by Gasteiger charge is -2.27. The topological polar surface area (TPSA) is 75.4 Å². The lowest BCUT2D eigenvalue weighted by Crippen LogP contribution is -2.35. The Hall–Kier alpha value is -3.12. The highest BCUT2D eigenvalue weighted by Crippen LogP contribution is 2.32. The van der Waals surface area contributed by atoms with Gasteiger partial charge in [0.1, 0.15) is 17.0 Å². The number of nitrogens with one attached hydrogen (secondary N) is 1. The molecule has 1 aliphatic rings. The Morgan fingerprint density at radius 3 is 2.79 bits per heavy atom. The first-order chi connectivity index (χ1) is 14.0. The second kappa shape index (κ2) is 8.09. The molecule has 1 saturated heterocycles. The zero-order valence-corrected chi connectivity index (χ0v) is 16.7.